The van der Waals surface area contributed by atoms with Crippen molar-refractivity contribution in [1.29, 1.82) is 0 Å². The van der Waals surface area contributed by atoms with Gasteiger partial charge in [-0.25, -0.2) is 4.39 Å². The first-order valence-electron chi connectivity index (χ1n) is 5.23. The van der Waals surface area contributed by atoms with Crippen LogP contribution in [0.15, 0.2) is 24.3 Å². The lowest BCUT2D eigenvalue weighted by Crippen LogP contribution is -2.13. The number of aryl methyl sites for hydroxylation is 1. The van der Waals surface area contributed by atoms with Gasteiger partial charge in [0.2, 0.25) is 0 Å². The third-order valence-electron chi connectivity index (χ3n) is 2.26. The smallest absolute Gasteiger partial charge is 0.258 e. The number of carbonyl (C=O) groups is 1. The predicted molar refractivity (Wildman–Crippen MR) is 71.1 cm³/mol. The van der Waals surface area contributed by atoms with Gasteiger partial charge in [-0.1, -0.05) is 23.2 Å². The van der Waals surface area contributed by atoms with Crippen molar-refractivity contribution >= 4 is 34.8 Å². The summed E-state index contributed by atoms with van der Waals surface area (Å²) in [5.74, 6) is -0.973. The van der Waals surface area contributed by atoms with Crippen molar-refractivity contribution in [3.8, 4) is 0 Å². The summed E-state index contributed by atoms with van der Waals surface area (Å²) in [5.41, 5.74) is 1.09. The molecule has 1 amide bonds. The van der Waals surface area contributed by atoms with Crippen molar-refractivity contribution in [2.75, 3.05) is 5.32 Å². The minimum Gasteiger partial charge on any atom is -0.322 e. The predicted octanol–water partition coefficient (Wildman–Crippen LogP) is 3.48. The van der Waals surface area contributed by atoms with E-state index in [1.54, 1.807) is 13.0 Å². The molecule has 0 spiro atoms. The maximum absolute atomic E-state index is 13.2. The molecule has 2 aromatic rings. The molecular formula is C12H8Cl2FN3O. The molecule has 1 heterocycles. The second kappa shape index (κ2) is 5.50. The number of aromatic nitrogens is 2. The van der Waals surface area contributed by atoms with Crippen molar-refractivity contribution in [3.63, 3.8) is 0 Å². The topological polar surface area (TPSA) is 54.9 Å². The van der Waals surface area contributed by atoms with Gasteiger partial charge < -0.3 is 5.32 Å². The van der Waals surface area contributed by atoms with Crippen LogP contribution in [0.1, 0.15) is 15.9 Å². The molecule has 0 saturated heterocycles. The van der Waals surface area contributed by atoms with Gasteiger partial charge in [0.25, 0.3) is 5.91 Å². The highest BCUT2D eigenvalue weighted by molar-refractivity contribution is 6.34. The van der Waals surface area contributed by atoms with Crippen LogP contribution in [0, 0.1) is 12.7 Å². The molecule has 0 unspecified atom stereocenters. The molecule has 98 valence electrons. The molecule has 1 N–H and O–H groups in total. The number of anilines is 1. The van der Waals surface area contributed by atoms with E-state index in [0.29, 0.717) is 11.3 Å². The highest BCUT2D eigenvalue weighted by Crippen LogP contribution is 2.19. The van der Waals surface area contributed by atoms with Crippen molar-refractivity contribution in [2.24, 2.45) is 0 Å². The number of hydrogen-bond donors (Lipinski definition) is 1. The van der Waals surface area contributed by atoms with Crippen LogP contribution in [0.4, 0.5) is 10.1 Å². The van der Waals surface area contributed by atoms with Gasteiger partial charge in [-0.3, -0.25) is 4.79 Å². The van der Waals surface area contributed by atoms with Gasteiger partial charge in [-0.05, 0) is 36.8 Å². The number of nitrogens with zero attached hydrogens (tertiary/aromatic N) is 2. The van der Waals surface area contributed by atoms with Crippen LogP contribution in [-0.2, 0) is 0 Å². The SMILES string of the molecule is Cc1cc(F)cc(NC(=O)c2cc(Cl)nnc2Cl)c1. The Morgan fingerprint density at radius 3 is 2.63 bits per heavy atom. The molecule has 0 radical (unpaired) electrons. The molecule has 0 fully saturated rings. The summed E-state index contributed by atoms with van der Waals surface area (Å²) in [4.78, 5) is 12.0. The molecule has 0 atom stereocenters. The van der Waals surface area contributed by atoms with E-state index in [2.05, 4.69) is 15.5 Å². The average Bonchev–Trinajstić information content (AvgIpc) is 2.30. The Kier molecular flexibility index (Phi) is 3.97. The second-order valence-corrected chi connectivity index (χ2v) is 4.59. The Labute approximate surface area is 118 Å². The molecule has 0 aliphatic heterocycles. The highest BCUT2D eigenvalue weighted by atomic mass is 35.5. The Hall–Kier alpha value is -1.72. The summed E-state index contributed by atoms with van der Waals surface area (Å²) in [6, 6.07) is 5.48. The minimum absolute atomic E-state index is 0.0463. The van der Waals surface area contributed by atoms with E-state index in [-0.39, 0.29) is 15.9 Å². The largest absolute Gasteiger partial charge is 0.322 e. The Morgan fingerprint density at radius 1 is 1.21 bits per heavy atom. The van der Waals surface area contributed by atoms with Crippen LogP contribution in [0.5, 0.6) is 0 Å². The van der Waals surface area contributed by atoms with Gasteiger partial charge in [0.1, 0.15) is 5.82 Å². The fourth-order valence-electron chi connectivity index (χ4n) is 1.52. The summed E-state index contributed by atoms with van der Waals surface area (Å²) in [6.07, 6.45) is 0. The average molecular weight is 300 g/mol. The Bertz CT molecular complexity index is 629. The fourth-order valence-corrected chi connectivity index (χ4v) is 1.84. The summed E-state index contributed by atoms with van der Waals surface area (Å²) in [7, 11) is 0. The number of halogens is 3. The van der Waals surface area contributed by atoms with Crippen LogP contribution in [0.2, 0.25) is 10.3 Å². The van der Waals surface area contributed by atoms with Crippen LogP contribution in [0.25, 0.3) is 0 Å². The Morgan fingerprint density at radius 2 is 1.95 bits per heavy atom. The van der Waals surface area contributed by atoms with E-state index in [0.717, 1.165) is 0 Å². The molecule has 2 rings (SSSR count). The highest BCUT2D eigenvalue weighted by Gasteiger charge is 2.13. The number of rotatable bonds is 2. The first-order chi connectivity index (χ1) is 8.95. The van der Waals surface area contributed by atoms with Crippen molar-refractivity contribution in [1.82, 2.24) is 10.2 Å². The quantitative estimate of drug-likeness (QED) is 0.923. The summed E-state index contributed by atoms with van der Waals surface area (Å²) < 4.78 is 13.2. The first kappa shape index (κ1) is 13.7. The third-order valence-corrected chi connectivity index (χ3v) is 2.73. The van der Waals surface area contributed by atoms with Gasteiger partial charge in [0.05, 0.1) is 5.56 Å². The van der Waals surface area contributed by atoms with Crippen LogP contribution in [-0.4, -0.2) is 16.1 Å². The summed E-state index contributed by atoms with van der Waals surface area (Å²) >= 11 is 11.4. The third kappa shape index (κ3) is 3.39. The van der Waals surface area contributed by atoms with Crippen molar-refractivity contribution in [3.05, 3.63) is 51.5 Å². The lowest BCUT2D eigenvalue weighted by atomic mass is 10.2. The van der Waals surface area contributed by atoms with Gasteiger partial charge in [-0.15, -0.1) is 10.2 Å². The zero-order valence-corrected chi connectivity index (χ0v) is 11.3. The normalized spacial score (nSPS) is 10.3. The molecule has 0 saturated carbocycles. The van der Waals surface area contributed by atoms with Gasteiger partial charge in [-0.2, -0.15) is 0 Å². The van der Waals surface area contributed by atoms with E-state index < -0.39 is 11.7 Å². The molecule has 19 heavy (non-hydrogen) atoms. The molecule has 4 nitrogen and oxygen atoms in total. The van der Waals surface area contributed by atoms with Gasteiger partial charge >= 0.3 is 0 Å². The zero-order chi connectivity index (χ0) is 14.0. The van der Waals surface area contributed by atoms with E-state index in [9.17, 15) is 9.18 Å². The number of benzene rings is 1. The van der Waals surface area contributed by atoms with Crippen LogP contribution in [0.3, 0.4) is 0 Å². The number of hydrogen-bond acceptors (Lipinski definition) is 3. The second-order valence-electron chi connectivity index (χ2n) is 3.84. The molecular weight excluding hydrogens is 292 g/mol. The molecule has 1 aromatic heterocycles. The lowest BCUT2D eigenvalue weighted by Gasteiger charge is -2.07. The van der Waals surface area contributed by atoms with Crippen LogP contribution >= 0.6 is 23.2 Å². The lowest BCUT2D eigenvalue weighted by molar-refractivity contribution is 0.102. The summed E-state index contributed by atoms with van der Waals surface area (Å²) in [5, 5.41) is 9.52. The molecule has 7 heteroatoms. The number of amides is 1. The summed E-state index contributed by atoms with van der Waals surface area (Å²) in [6.45, 7) is 1.72. The van der Waals surface area contributed by atoms with Gasteiger partial charge in [0.15, 0.2) is 10.3 Å². The number of carbonyl (C=O) groups excluding carboxylic acids is 1. The monoisotopic (exact) mass is 299 g/mol. The fraction of sp³-hybridized carbons (Fsp3) is 0.0833. The van der Waals surface area contributed by atoms with Crippen molar-refractivity contribution < 1.29 is 9.18 Å². The van der Waals surface area contributed by atoms with E-state index in [1.165, 1.54) is 18.2 Å². The van der Waals surface area contributed by atoms with Crippen LogP contribution < -0.4 is 5.32 Å². The molecule has 1 aromatic carbocycles. The zero-order valence-electron chi connectivity index (χ0n) is 9.75. The number of nitrogens with one attached hydrogen (secondary N) is 1. The molecule has 0 bridgehead atoms. The van der Waals surface area contributed by atoms with E-state index >= 15 is 0 Å². The van der Waals surface area contributed by atoms with Crippen molar-refractivity contribution in [2.45, 2.75) is 6.92 Å². The van der Waals surface area contributed by atoms with E-state index in [1.807, 2.05) is 0 Å². The maximum atomic E-state index is 13.2. The van der Waals surface area contributed by atoms with Gasteiger partial charge in [0, 0.05) is 5.69 Å². The minimum atomic E-state index is -0.535. The standard InChI is InChI=1S/C12H8Cl2FN3O/c1-6-2-7(15)4-8(3-6)16-12(19)9-5-10(13)17-18-11(9)14/h2-5H,1H3,(H,16,19). The molecule has 0 aliphatic carbocycles. The Balaban J connectivity index is 2.28. The molecule has 0 aliphatic rings. The first-order valence-corrected chi connectivity index (χ1v) is 5.98. The maximum Gasteiger partial charge on any atom is 0.258 e. The van der Waals surface area contributed by atoms with E-state index in [4.69, 9.17) is 23.2 Å².